The summed E-state index contributed by atoms with van der Waals surface area (Å²) in [4.78, 5) is 14.1. The van der Waals surface area contributed by atoms with Crippen LogP contribution in [0.25, 0.3) is 0 Å². The standard InChI is InChI=1S/C16H31NO2/c1-13(2)6-5-9-17-10-11-19-15(12-17)7-8-16(18)14(3)4/h13-15H,5-12H2,1-4H3/t15-/m1/s1. The number of hydrogen-bond acceptors (Lipinski definition) is 3. The minimum atomic E-state index is 0.158. The van der Waals surface area contributed by atoms with Crippen LogP contribution >= 0.6 is 0 Å². The van der Waals surface area contributed by atoms with Gasteiger partial charge >= 0.3 is 0 Å². The lowest BCUT2D eigenvalue weighted by atomic mass is 10.0. The Morgan fingerprint density at radius 3 is 2.68 bits per heavy atom. The van der Waals surface area contributed by atoms with Crippen molar-refractivity contribution in [3.63, 3.8) is 0 Å². The number of ether oxygens (including phenoxy) is 1. The summed E-state index contributed by atoms with van der Waals surface area (Å²) in [5.74, 6) is 1.31. The number of ketones is 1. The summed E-state index contributed by atoms with van der Waals surface area (Å²) >= 11 is 0. The Kier molecular flexibility index (Phi) is 7.62. The van der Waals surface area contributed by atoms with Crippen LogP contribution in [-0.4, -0.2) is 43.0 Å². The lowest BCUT2D eigenvalue weighted by molar-refractivity contribution is -0.123. The van der Waals surface area contributed by atoms with E-state index in [0.29, 0.717) is 12.2 Å². The SMILES string of the molecule is CC(C)CCCN1CCO[C@H](CCC(=O)C(C)C)C1. The van der Waals surface area contributed by atoms with Crippen LogP contribution in [0.4, 0.5) is 0 Å². The molecule has 0 aromatic rings. The molecule has 19 heavy (non-hydrogen) atoms. The Morgan fingerprint density at radius 2 is 2.05 bits per heavy atom. The molecule has 0 spiro atoms. The highest BCUT2D eigenvalue weighted by molar-refractivity contribution is 5.80. The summed E-state index contributed by atoms with van der Waals surface area (Å²) < 4.78 is 5.77. The fraction of sp³-hybridized carbons (Fsp3) is 0.938. The molecule has 1 atom stereocenters. The normalized spacial score (nSPS) is 21.3. The molecular weight excluding hydrogens is 238 g/mol. The van der Waals surface area contributed by atoms with Crippen molar-refractivity contribution in [2.45, 2.75) is 59.5 Å². The largest absolute Gasteiger partial charge is 0.376 e. The van der Waals surface area contributed by atoms with E-state index in [2.05, 4.69) is 18.7 Å². The lowest BCUT2D eigenvalue weighted by Gasteiger charge is -2.33. The molecule has 1 heterocycles. The van der Waals surface area contributed by atoms with Crippen LogP contribution in [0.3, 0.4) is 0 Å². The second-order valence-electron chi connectivity index (χ2n) is 6.49. The highest BCUT2D eigenvalue weighted by Gasteiger charge is 2.21. The highest BCUT2D eigenvalue weighted by Crippen LogP contribution is 2.14. The van der Waals surface area contributed by atoms with Gasteiger partial charge in [-0.3, -0.25) is 9.69 Å². The number of morpholine rings is 1. The van der Waals surface area contributed by atoms with E-state index < -0.39 is 0 Å². The van der Waals surface area contributed by atoms with Gasteiger partial charge in [0, 0.05) is 25.4 Å². The Labute approximate surface area is 118 Å². The zero-order valence-corrected chi connectivity index (χ0v) is 13.2. The molecule has 0 aromatic carbocycles. The molecule has 0 N–H and O–H groups in total. The highest BCUT2D eigenvalue weighted by atomic mass is 16.5. The van der Waals surface area contributed by atoms with Gasteiger partial charge in [-0.2, -0.15) is 0 Å². The first-order valence-corrected chi connectivity index (χ1v) is 7.85. The molecular formula is C16H31NO2. The van der Waals surface area contributed by atoms with Crippen molar-refractivity contribution in [3.8, 4) is 0 Å². The molecule has 1 aliphatic heterocycles. The molecule has 1 aliphatic rings. The predicted octanol–water partition coefficient (Wildman–Crippen LogP) is 3.13. The van der Waals surface area contributed by atoms with Crippen molar-refractivity contribution < 1.29 is 9.53 Å². The van der Waals surface area contributed by atoms with Crippen molar-refractivity contribution in [2.75, 3.05) is 26.2 Å². The first-order chi connectivity index (χ1) is 8.99. The fourth-order valence-corrected chi connectivity index (χ4v) is 2.47. The van der Waals surface area contributed by atoms with Crippen LogP contribution in [0.15, 0.2) is 0 Å². The third-order valence-electron chi connectivity index (χ3n) is 3.84. The molecule has 112 valence electrons. The Bertz CT molecular complexity index is 263. The van der Waals surface area contributed by atoms with Crippen molar-refractivity contribution in [1.29, 1.82) is 0 Å². The molecule has 0 bridgehead atoms. The molecule has 3 nitrogen and oxygen atoms in total. The second-order valence-corrected chi connectivity index (χ2v) is 6.49. The third-order valence-corrected chi connectivity index (χ3v) is 3.84. The maximum Gasteiger partial charge on any atom is 0.135 e. The van der Waals surface area contributed by atoms with Crippen LogP contribution in [-0.2, 0) is 9.53 Å². The zero-order valence-electron chi connectivity index (χ0n) is 13.2. The van der Waals surface area contributed by atoms with Gasteiger partial charge in [-0.1, -0.05) is 27.7 Å². The van der Waals surface area contributed by atoms with E-state index in [1.54, 1.807) is 0 Å². The van der Waals surface area contributed by atoms with Gasteiger partial charge in [-0.05, 0) is 31.7 Å². The molecule has 0 radical (unpaired) electrons. The smallest absolute Gasteiger partial charge is 0.135 e. The Hall–Kier alpha value is -0.410. The molecule has 3 heteroatoms. The number of hydrogen-bond donors (Lipinski definition) is 0. The summed E-state index contributed by atoms with van der Waals surface area (Å²) in [7, 11) is 0. The summed E-state index contributed by atoms with van der Waals surface area (Å²) in [5.41, 5.74) is 0. The topological polar surface area (TPSA) is 29.5 Å². The molecule has 1 saturated heterocycles. The minimum absolute atomic E-state index is 0.158. The Morgan fingerprint density at radius 1 is 1.32 bits per heavy atom. The monoisotopic (exact) mass is 269 g/mol. The lowest BCUT2D eigenvalue weighted by Crippen LogP contribution is -2.43. The van der Waals surface area contributed by atoms with Crippen molar-refractivity contribution >= 4 is 5.78 Å². The van der Waals surface area contributed by atoms with Gasteiger partial charge in [-0.25, -0.2) is 0 Å². The second kappa shape index (κ2) is 8.70. The first-order valence-electron chi connectivity index (χ1n) is 7.85. The van der Waals surface area contributed by atoms with E-state index in [1.165, 1.54) is 19.4 Å². The van der Waals surface area contributed by atoms with E-state index in [9.17, 15) is 4.79 Å². The summed E-state index contributed by atoms with van der Waals surface area (Å²) in [6.07, 6.45) is 4.39. The van der Waals surface area contributed by atoms with Crippen LogP contribution < -0.4 is 0 Å². The quantitative estimate of drug-likeness (QED) is 0.678. The van der Waals surface area contributed by atoms with Gasteiger partial charge < -0.3 is 4.74 Å². The summed E-state index contributed by atoms with van der Waals surface area (Å²) in [6.45, 7) is 12.6. The number of carbonyl (C=O) groups excluding carboxylic acids is 1. The summed E-state index contributed by atoms with van der Waals surface area (Å²) in [5, 5.41) is 0. The summed E-state index contributed by atoms with van der Waals surface area (Å²) in [6, 6.07) is 0. The maximum atomic E-state index is 11.6. The number of nitrogens with zero attached hydrogens (tertiary/aromatic N) is 1. The van der Waals surface area contributed by atoms with E-state index >= 15 is 0 Å². The van der Waals surface area contributed by atoms with Gasteiger partial charge in [0.2, 0.25) is 0 Å². The van der Waals surface area contributed by atoms with Gasteiger partial charge in [0.1, 0.15) is 5.78 Å². The van der Waals surface area contributed by atoms with Crippen LogP contribution in [0, 0.1) is 11.8 Å². The maximum absolute atomic E-state index is 11.6. The van der Waals surface area contributed by atoms with E-state index in [0.717, 1.165) is 32.0 Å². The van der Waals surface area contributed by atoms with Crippen molar-refractivity contribution in [2.24, 2.45) is 11.8 Å². The van der Waals surface area contributed by atoms with Gasteiger partial charge in [0.05, 0.1) is 12.7 Å². The molecule has 0 amide bonds. The van der Waals surface area contributed by atoms with E-state index in [-0.39, 0.29) is 12.0 Å². The molecule has 0 aliphatic carbocycles. The van der Waals surface area contributed by atoms with Crippen LogP contribution in [0.1, 0.15) is 53.4 Å². The van der Waals surface area contributed by atoms with Crippen LogP contribution in [0.5, 0.6) is 0 Å². The predicted molar refractivity (Wildman–Crippen MR) is 79.3 cm³/mol. The number of rotatable bonds is 8. The van der Waals surface area contributed by atoms with Crippen molar-refractivity contribution in [3.05, 3.63) is 0 Å². The first kappa shape index (κ1) is 16.6. The van der Waals surface area contributed by atoms with Gasteiger partial charge in [0.15, 0.2) is 0 Å². The number of carbonyl (C=O) groups is 1. The van der Waals surface area contributed by atoms with Crippen molar-refractivity contribution in [1.82, 2.24) is 4.90 Å². The fourth-order valence-electron chi connectivity index (χ4n) is 2.47. The molecule has 0 aromatic heterocycles. The average molecular weight is 269 g/mol. The third kappa shape index (κ3) is 7.07. The van der Waals surface area contributed by atoms with Crippen LogP contribution in [0.2, 0.25) is 0 Å². The molecule has 0 saturated carbocycles. The van der Waals surface area contributed by atoms with Gasteiger partial charge in [0.25, 0.3) is 0 Å². The van der Waals surface area contributed by atoms with Gasteiger partial charge in [-0.15, -0.1) is 0 Å². The molecule has 1 fully saturated rings. The van der Waals surface area contributed by atoms with E-state index in [1.807, 2.05) is 13.8 Å². The van der Waals surface area contributed by atoms with E-state index in [4.69, 9.17) is 4.74 Å². The minimum Gasteiger partial charge on any atom is -0.376 e. The molecule has 0 unspecified atom stereocenters. The molecule has 1 rings (SSSR count). The zero-order chi connectivity index (χ0) is 14.3. The number of Topliss-reactive ketones (excluding diaryl/α,β-unsaturated/α-hetero) is 1. The Balaban J connectivity index is 2.20. The average Bonchev–Trinajstić information content (AvgIpc) is 2.36.